The summed E-state index contributed by atoms with van der Waals surface area (Å²) in [5.41, 5.74) is 1.16. The molecule has 9 heteroatoms. The molecule has 28 heavy (non-hydrogen) atoms. The van der Waals surface area contributed by atoms with Crippen molar-refractivity contribution in [3.05, 3.63) is 86.9 Å². The summed E-state index contributed by atoms with van der Waals surface area (Å²) in [4.78, 5) is 25.3. The van der Waals surface area contributed by atoms with E-state index in [1.165, 1.54) is 39.6 Å². The van der Waals surface area contributed by atoms with E-state index in [9.17, 15) is 18.0 Å². The number of fused-ring (bicyclic) bond motifs is 1. The van der Waals surface area contributed by atoms with Crippen LogP contribution in [0.1, 0.15) is 5.56 Å². The van der Waals surface area contributed by atoms with Crippen LogP contribution >= 0.6 is 0 Å². The third kappa shape index (κ3) is 2.86. The lowest BCUT2D eigenvalue weighted by molar-refractivity contribution is 0.483. The van der Waals surface area contributed by atoms with Crippen molar-refractivity contribution in [3.63, 3.8) is 0 Å². The number of aryl methyl sites for hydroxylation is 1. The van der Waals surface area contributed by atoms with Crippen LogP contribution in [0.5, 0.6) is 0 Å². The first-order valence-electron chi connectivity index (χ1n) is 8.28. The standard InChI is InChI=1S/C19H15N3O5S/c1-12-11-16(23)21(13-5-3-2-4-6-13)18-17(12)19(24)22(20-18)14-7-9-15(10-8-14)28(25,26)27/h2-11,20H,1H3,(H,25,26,27). The molecule has 0 aliphatic rings. The zero-order valence-corrected chi connectivity index (χ0v) is 15.5. The van der Waals surface area contributed by atoms with Crippen molar-refractivity contribution >= 4 is 21.2 Å². The topological polar surface area (TPSA) is 114 Å². The molecule has 0 unspecified atom stereocenters. The van der Waals surface area contributed by atoms with Gasteiger partial charge in [-0.1, -0.05) is 18.2 Å². The van der Waals surface area contributed by atoms with Crippen molar-refractivity contribution in [2.24, 2.45) is 0 Å². The van der Waals surface area contributed by atoms with Gasteiger partial charge in [0.1, 0.15) is 5.65 Å². The molecule has 4 aromatic rings. The van der Waals surface area contributed by atoms with Crippen LogP contribution in [0.4, 0.5) is 0 Å². The predicted octanol–water partition coefficient (Wildman–Crippen LogP) is 2.02. The van der Waals surface area contributed by atoms with Crippen molar-refractivity contribution in [2.75, 3.05) is 0 Å². The second-order valence-corrected chi connectivity index (χ2v) is 7.70. The van der Waals surface area contributed by atoms with Crippen LogP contribution in [-0.4, -0.2) is 27.3 Å². The molecular weight excluding hydrogens is 382 g/mol. The monoisotopic (exact) mass is 397 g/mol. The van der Waals surface area contributed by atoms with Gasteiger partial charge < -0.3 is 0 Å². The number of pyridine rings is 1. The van der Waals surface area contributed by atoms with Crippen LogP contribution < -0.4 is 11.1 Å². The lowest BCUT2D eigenvalue weighted by Gasteiger charge is -2.08. The summed E-state index contributed by atoms with van der Waals surface area (Å²) in [5.74, 6) is 0. The molecule has 0 aliphatic carbocycles. The second kappa shape index (κ2) is 6.32. The normalized spacial score (nSPS) is 11.8. The first-order valence-corrected chi connectivity index (χ1v) is 9.72. The molecule has 0 saturated heterocycles. The molecule has 0 fully saturated rings. The number of hydrogen-bond donors (Lipinski definition) is 2. The molecule has 0 saturated carbocycles. The second-order valence-electron chi connectivity index (χ2n) is 6.28. The van der Waals surface area contributed by atoms with E-state index in [1.54, 1.807) is 31.2 Å². The minimum absolute atomic E-state index is 0.280. The van der Waals surface area contributed by atoms with Gasteiger partial charge in [-0.2, -0.15) is 8.42 Å². The Morgan fingerprint density at radius 2 is 1.57 bits per heavy atom. The van der Waals surface area contributed by atoms with Gasteiger partial charge in [0.15, 0.2) is 0 Å². The Morgan fingerprint density at radius 1 is 0.929 bits per heavy atom. The molecule has 0 amide bonds. The van der Waals surface area contributed by atoms with Gasteiger partial charge in [-0.05, 0) is 48.9 Å². The highest BCUT2D eigenvalue weighted by molar-refractivity contribution is 7.85. The summed E-state index contributed by atoms with van der Waals surface area (Å²) in [6.45, 7) is 1.68. The van der Waals surface area contributed by atoms with Crippen LogP contribution in [0.3, 0.4) is 0 Å². The van der Waals surface area contributed by atoms with Gasteiger partial charge in [-0.25, -0.2) is 4.68 Å². The molecule has 2 N–H and O–H groups in total. The van der Waals surface area contributed by atoms with Crippen LogP contribution in [0, 0.1) is 6.92 Å². The zero-order chi connectivity index (χ0) is 20.1. The van der Waals surface area contributed by atoms with Gasteiger partial charge in [0.2, 0.25) is 0 Å². The summed E-state index contributed by atoms with van der Waals surface area (Å²) in [6.07, 6.45) is 0. The van der Waals surface area contributed by atoms with Crippen LogP contribution in [-0.2, 0) is 10.1 Å². The molecule has 2 heterocycles. The lowest BCUT2D eigenvalue weighted by atomic mass is 10.2. The summed E-state index contributed by atoms with van der Waals surface area (Å²) in [6, 6.07) is 15.5. The molecule has 8 nitrogen and oxygen atoms in total. The molecule has 0 spiro atoms. The fourth-order valence-corrected chi connectivity index (χ4v) is 3.64. The number of hydrogen-bond acceptors (Lipinski definition) is 4. The van der Waals surface area contributed by atoms with Gasteiger partial charge in [0.25, 0.3) is 21.2 Å². The fraction of sp³-hybridized carbons (Fsp3) is 0.0526. The highest BCUT2D eigenvalue weighted by Gasteiger charge is 2.17. The molecule has 2 aromatic heterocycles. The number of aromatic amines is 1. The van der Waals surface area contributed by atoms with E-state index in [-0.39, 0.29) is 16.0 Å². The first kappa shape index (κ1) is 18.0. The SMILES string of the molecule is Cc1cc(=O)n(-c2ccccc2)c2[nH]n(-c3ccc(S(=O)(=O)O)cc3)c(=O)c12. The smallest absolute Gasteiger partial charge is 0.282 e. The minimum Gasteiger partial charge on any atom is -0.282 e. The quantitative estimate of drug-likeness (QED) is 0.514. The minimum atomic E-state index is -4.33. The molecular formula is C19H15N3O5S. The highest BCUT2D eigenvalue weighted by atomic mass is 32.2. The van der Waals surface area contributed by atoms with Crippen LogP contribution in [0.2, 0.25) is 0 Å². The van der Waals surface area contributed by atoms with Crippen LogP contribution in [0.15, 0.2) is 75.1 Å². The van der Waals surface area contributed by atoms with E-state index in [0.29, 0.717) is 28.0 Å². The van der Waals surface area contributed by atoms with Gasteiger partial charge in [-0.15, -0.1) is 0 Å². The Hall–Kier alpha value is -3.43. The summed E-state index contributed by atoms with van der Waals surface area (Å²) in [5, 5.41) is 3.29. The molecule has 0 radical (unpaired) electrons. The fourth-order valence-electron chi connectivity index (χ4n) is 3.16. The third-order valence-corrected chi connectivity index (χ3v) is 5.32. The Kier molecular flexibility index (Phi) is 4.06. The maximum Gasteiger partial charge on any atom is 0.294 e. The van der Waals surface area contributed by atoms with Crippen molar-refractivity contribution in [1.29, 1.82) is 0 Å². The number of nitrogens with one attached hydrogen (secondary N) is 1. The average Bonchev–Trinajstić information content (AvgIpc) is 2.99. The molecule has 4 rings (SSSR count). The van der Waals surface area contributed by atoms with Crippen molar-refractivity contribution in [3.8, 4) is 11.4 Å². The van der Waals surface area contributed by atoms with E-state index < -0.39 is 10.1 Å². The Labute approximate surface area is 159 Å². The number of aromatic nitrogens is 3. The lowest BCUT2D eigenvalue weighted by Crippen LogP contribution is -2.19. The number of nitrogens with zero attached hydrogens (tertiary/aromatic N) is 2. The number of H-pyrrole nitrogens is 1. The van der Waals surface area contributed by atoms with Crippen molar-refractivity contribution < 1.29 is 13.0 Å². The van der Waals surface area contributed by atoms with Crippen molar-refractivity contribution in [1.82, 2.24) is 14.3 Å². The van der Waals surface area contributed by atoms with E-state index >= 15 is 0 Å². The number of para-hydroxylation sites is 1. The molecule has 0 aliphatic heterocycles. The van der Waals surface area contributed by atoms with Gasteiger partial charge in [0, 0.05) is 6.07 Å². The third-order valence-electron chi connectivity index (χ3n) is 4.46. The van der Waals surface area contributed by atoms with E-state index in [1.807, 2.05) is 6.07 Å². The first-order chi connectivity index (χ1) is 13.3. The average molecular weight is 397 g/mol. The van der Waals surface area contributed by atoms with Gasteiger partial charge in [-0.3, -0.25) is 23.8 Å². The summed E-state index contributed by atoms with van der Waals surface area (Å²) >= 11 is 0. The van der Waals surface area contributed by atoms with E-state index in [4.69, 9.17) is 4.55 Å². The Balaban J connectivity index is 2.00. The van der Waals surface area contributed by atoms with Gasteiger partial charge in [0.05, 0.1) is 21.7 Å². The maximum absolute atomic E-state index is 13.0. The molecule has 0 atom stereocenters. The number of benzene rings is 2. The molecule has 142 valence electrons. The molecule has 0 bridgehead atoms. The summed E-state index contributed by atoms with van der Waals surface area (Å²) < 4.78 is 34.2. The van der Waals surface area contributed by atoms with E-state index in [2.05, 4.69) is 5.10 Å². The predicted molar refractivity (Wildman–Crippen MR) is 104 cm³/mol. The van der Waals surface area contributed by atoms with Crippen molar-refractivity contribution in [2.45, 2.75) is 11.8 Å². The van der Waals surface area contributed by atoms with E-state index in [0.717, 1.165) is 0 Å². The number of rotatable bonds is 3. The zero-order valence-electron chi connectivity index (χ0n) is 14.7. The summed E-state index contributed by atoms with van der Waals surface area (Å²) in [7, 11) is -4.33. The maximum atomic E-state index is 13.0. The Bertz CT molecular complexity index is 1410. The van der Waals surface area contributed by atoms with Crippen LogP contribution in [0.25, 0.3) is 22.4 Å². The largest absolute Gasteiger partial charge is 0.294 e. The molecule has 2 aromatic carbocycles. The highest BCUT2D eigenvalue weighted by Crippen LogP contribution is 2.18. The Morgan fingerprint density at radius 3 is 2.18 bits per heavy atom. The van der Waals surface area contributed by atoms with Gasteiger partial charge >= 0.3 is 0 Å².